The molecule has 0 atom stereocenters. The van der Waals surface area contributed by atoms with Crippen LogP contribution in [0, 0.1) is 0 Å². The predicted octanol–water partition coefficient (Wildman–Crippen LogP) is 1.95. The quantitative estimate of drug-likeness (QED) is 0.769. The zero-order valence-corrected chi connectivity index (χ0v) is 13.5. The minimum Gasteiger partial charge on any atom is -0.497 e. The standard InChI is InChI=1S/C18H16N4O3/c1-25-15-4-2-14(3-5-15)20-18(24)16-6-7-17(23)22(21-16)12-13-8-10-19-11-9-13/h2-11H,12H2,1H3,(H,20,24). The molecule has 2 aromatic heterocycles. The molecule has 0 aliphatic heterocycles. The Morgan fingerprint density at radius 2 is 1.80 bits per heavy atom. The fraction of sp³-hybridized carbons (Fsp3) is 0.111. The Balaban J connectivity index is 1.78. The highest BCUT2D eigenvalue weighted by molar-refractivity contribution is 6.02. The number of anilines is 1. The van der Waals surface area contributed by atoms with Crippen LogP contribution in [0.1, 0.15) is 16.1 Å². The topological polar surface area (TPSA) is 86.1 Å². The molecule has 1 N–H and O–H groups in total. The Morgan fingerprint density at radius 3 is 2.48 bits per heavy atom. The Hall–Kier alpha value is -3.48. The summed E-state index contributed by atoms with van der Waals surface area (Å²) in [5.74, 6) is 0.302. The average Bonchev–Trinajstić information content (AvgIpc) is 2.65. The maximum absolute atomic E-state index is 12.4. The van der Waals surface area contributed by atoms with Crippen LogP contribution in [0.15, 0.2) is 65.7 Å². The Labute approximate surface area is 143 Å². The fourth-order valence-corrected chi connectivity index (χ4v) is 2.21. The fourth-order valence-electron chi connectivity index (χ4n) is 2.21. The van der Waals surface area contributed by atoms with Crippen LogP contribution in [0.2, 0.25) is 0 Å². The van der Waals surface area contributed by atoms with E-state index >= 15 is 0 Å². The number of nitrogens with zero attached hydrogens (tertiary/aromatic N) is 3. The molecule has 2 heterocycles. The number of nitrogens with one attached hydrogen (secondary N) is 1. The number of hydrogen-bond donors (Lipinski definition) is 1. The van der Waals surface area contributed by atoms with Crippen molar-refractivity contribution in [3.05, 3.63) is 82.5 Å². The summed E-state index contributed by atoms with van der Waals surface area (Å²) in [6.45, 7) is 0.269. The van der Waals surface area contributed by atoms with Crippen molar-refractivity contribution in [1.82, 2.24) is 14.8 Å². The molecule has 1 aromatic carbocycles. The SMILES string of the molecule is COc1ccc(NC(=O)c2ccc(=O)n(Cc3ccncc3)n2)cc1. The summed E-state index contributed by atoms with van der Waals surface area (Å²) in [7, 11) is 1.57. The third-order valence-electron chi connectivity index (χ3n) is 3.53. The largest absolute Gasteiger partial charge is 0.497 e. The van der Waals surface area contributed by atoms with Gasteiger partial charge in [-0.05, 0) is 48.0 Å². The third-order valence-corrected chi connectivity index (χ3v) is 3.53. The molecule has 3 rings (SSSR count). The lowest BCUT2D eigenvalue weighted by atomic mass is 10.2. The van der Waals surface area contributed by atoms with Gasteiger partial charge in [-0.2, -0.15) is 5.10 Å². The molecule has 1 amide bonds. The van der Waals surface area contributed by atoms with Gasteiger partial charge < -0.3 is 10.1 Å². The lowest BCUT2D eigenvalue weighted by molar-refractivity contribution is 0.102. The molecule has 0 saturated carbocycles. The molecule has 0 aliphatic rings. The van der Waals surface area contributed by atoms with E-state index < -0.39 is 5.91 Å². The van der Waals surface area contributed by atoms with Crippen molar-refractivity contribution in [3.8, 4) is 5.75 Å². The van der Waals surface area contributed by atoms with Crippen LogP contribution in [0.3, 0.4) is 0 Å². The van der Waals surface area contributed by atoms with Crippen LogP contribution in [0.5, 0.6) is 5.75 Å². The molecule has 0 fully saturated rings. The van der Waals surface area contributed by atoms with Gasteiger partial charge >= 0.3 is 0 Å². The average molecular weight is 336 g/mol. The number of amides is 1. The minimum atomic E-state index is -0.395. The summed E-state index contributed by atoms with van der Waals surface area (Å²) in [6.07, 6.45) is 3.28. The summed E-state index contributed by atoms with van der Waals surface area (Å²) in [6, 6.07) is 13.3. The third kappa shape index (κ3) is 4.08. The van der Waals surface area contributed by atoms with Gasteiger partial charge in [-0.1, -0.05) is 0 Å². The zero-order chi connectivity index (χ0) is 17.6. The van der Waals surface area contributed by atoms with Crippen molar-refractivity contribution in [3.63, 3.8) is 0 Å². The van der Waals surface area contributed by atoms with Crippen molar-refractivity contribution in [2.24, 2.45) is 0 Å². The smallest absolute Gasteiger partial charge is 0.276 e. The second kappa shape index (κ2) is 7.39. The lowest BCUT2D eigenvalue weighted by Gasteiger charge is -2.08. The number of carbonyl (C=O) groups is 1. The van der Waals surface area contributed by atoms with Crippen LogP contribution < -0.4 is 15.6 Å². The number of ether oxygens (including phenoxy) is 1. The molecule has 3 aromatic rings. The lowest BCUT2D eigenvalue weighted by Crippen LogP contribution is -2.26. The van der Waals surface area contributed by atoms with E-state index in [2.05, 4.69) is 15.4 Å². The van der Waals surface area contributed by atoms with E-state index in [4.69, 9.17) is 4.74 Å². The van der Waals surface area contributed by atoms with Gasteiger partial charge in [0.1, 0.15) is 11.4 Å². The number of rotatable bonds is 5. The van der Waals surface area contributed by atoms with Crippen LogP contribution in [-0.4, -0.2) is 27.8 Å². The summed E-state index contributed by atoms with van der Waals surface area (Å²) < 4.78 is 6.33. The molecule has 0 radical (unpaired) electrons. The second-order valence-electron chi connectivity index (χ2n) is 5.25. The molecule has 0 aliphatic carbocycles. The summed E-state index contributed by atoms with van der Waals surface area (Å²) in [5, 5.41) is 6.88. The number of methoxy groups -OCH3 is 1. The van der Waals surface area contributed by atoms with Crippen molar-refractivity contribution in [2.75, 3.05) is 12.4 Å². The first kappa shape index (κ1) is 16.4. The second-order valence-corrected chi connectivity index (χ2v) is 5.25. The predicted molar refractivity (Wildman–Crippen MR) is 92.8 cm³/mol. The van der Waals surface area contributed by atoms with Gasteiger partial charge in [-0.15, -0.1) is 0 Å². The van der Waals surface area contributed by atoms with Crippen molar-refractivity contribution < 1.29 is 9.53 Å². The molecule has 0 saturated heterocycles. The van der Waals surface area contributed by atoms with Crippen molar-refractivity contribution in [1.29, 1.82) is 0 Å². The maximum Gasteiger partial charge on any atom is 0.276 e. The van der Waals surface area contributed by atoms with Gasteiger partial charge in [0.15, 0.2) is 0 Å². The Morgan fingerprint density at radius 1 is 1.08 bits per heavy atom. The van der Waals surface area contributed by atoms with Gasteiger partial charge in [0.05, 0.1) is 13.7 Å². The maximum atomic E-state index is 12.4. The first-order valence-electron chi connectivity index (χ1n) is 7.58. The van der Waals surface area contributed by atoms with Gasteiger partial charge in [0.2, 0.25) is 0 Å². The first-order valence-corrected chi connectivity index (χ1v) is 7.58. The first-order chi connectivity index (χ1) is 12.2. The van der Waals surface area contributed by atoms with Gasteiger partial charge in [0, 0.05) is 24.1 Å². The van der Waals surface area contributed by atoms with E-state index in [1.54, 1.807) is 55.9 Å². The van der Waals surface area contributed by atoms with E-state index in [0.717, 1.165) is 5.56 Å². The van der Waals surface area contributed by atoms with Crippen LogP contribution >= 0.6 is 0 Å². The summed E-state index contributed by atoms with van der Waals surface area (Å²) in [5.41, 5.74) is 1.36. The number of aromatic nitrogens is 3. The van der Waals surface area contributed by atoms with E-state index in [0.29, 0.717) is 11.4 Å². The summed E-state index contributed by atoms with van der Waals surface area (Å²) in [4.78, 5) is 28.3. The number of pyridine rings is 1. The molecule has 7 nitrogen and oxygen atoms in total. The molecule has 7 heteroatoms. The Kier molecular flexibility index (Phi) is 4.84. The minimum absolute atomic E-state index is 0.157. The highest BCUT2D eigenvalue weighted by Crippen LogP contribution is 2.15. The van der Waals surface area contributed by atoms with Crippen molar-refractivity contribution in [2.45, 2.75) is 6.54 Å². The number of hydrogen-bond acceptors (Lipinski definition) is 5. The normalized spacial score (nSPS) is 10.3. The van der Waals surface area contributed by atoms with Crippen LogP contribution in [0.4, 0.5) is 5.69 Å². The molecular formula is C18H16N4O3. The van der Waals surface area contributed by atoms with Gasteiger partial charge in [-0.25, -0.2) is 4.68 Å². The Bertz CT molecular complexity index is 921. The monoisotopic (exact) mass is 336 g/mol. The molecule has 25 heavy (non-hydrogen) atoms. The summed E-state index contributed by atoms with van der Waals surface area (Å²) >= 11 is 0. The van der Waals surface area contributed by atoms with Gasteiger partial charge in [0.25, 0.3) is 11.5 Å². The van der Waals surface area contributed by atoms with Crippen molar-refractivity contribution >= 4 is 11.6 Å². The van der Waals surface area contributed by atoms with E-state index in [1.165, 1.54) is 16.8 Å². The molecular weight excluding hydrogens is 320 g/mol. The van der Waals surface area contributed by atoms with E-state index in [1.807, 2.05) is 0 Å². The number of carbonyl (C=O) groups excluding carboxylic acids is 1. The number of benzene rings is 1. The molecule has 0 bridgehead atoms. The van der Waals surface area contributed by atoms with E-state index in [9.17, 15) is 9.59 Å². The van der Waals surface area contributed by atoms with E-state index in [-0.39, 0.29) is 17.8 Å². The van der Waals surface area contributed by atoms with Crippen LogP contribution in [0.25, 0.3) is 0 Å². The van der Waals surface area contributed by atoms with Crippen LogP contribution in [-0.2, 0) is 6.54 Å². The highest BCUT2D eigenvalue weighted by Gasteiger charge is 2.10. The highest BCUT2D eigenvalue weighted by atomic mass is 16.5. The molecule has 0 unspecified atom stereocenters. The zero-order valence-electron chi connectivity index (χ0n) is 13.5. The van der Waals surface area contributed by atoms with Gasteiger partial charge in [-0.3, -0.25) is 14.6 Å². The molecule has 126 valence electrons. The molecule has 0 spiro atoms.